The molecule has 1 aromatic rings. The van der Waals surface area contributed by atoms with E-state index in [1.807, 2.05) is 13.3 Å². The minimum atomic E-state index is -0.637. The first-order valence-electron chi connectivity index (χ1n) is 7.64. The molecule has 0 bridgehead atoms. The Kier molecular flexibility index (Phi) is 4.81. The maximum atomic E-state index is 11.7. The van der Waals surface area contributed by atoms with Gasteiger partial charge in [0.15, 0.2) is 0 Å². The highest BCUT2D eigenvalue weighted by Crippen LogP contribution is 2.21. The summed E-state index contributed by atoms with van der Waals surface area (Å²) in [7, 11) is 0. The minimum absolute atomic E-state index is 0.278. The first-order chi connectivity index (χ1) is 9.57. The molecule has 112 valence electrons. The van der Waals surface area contributed by atoms with E-state index >= 15 is 0 Å². The number of hydrogen-bond donors (Lipinski definition) is 2. The summed E-state index contributed by atoms with van der Waals surface area (Å²) in [6, 6.07) is 0. The Morgan fingerprint density at radius 1 is 1.50 bits per heavy atom. The van der Waals surface area contributed by atoms with Crippen LogP contribution in [-0.2, 0) is 24.2 Å². The lowest BCUT2D eigenvalue weighted by molar-refractivity contribution is -0.124. The van der Waals surface area contributed by atoms with Crippen molar-refractivity contribution in [2.24, 2.45) is 5.73 Å². The number of rotatable bonds is 7. The van der Waals surface area contributed by atoms with Crippen molar-refractivity contribution >= 4 is 5.91 Å². The van der Waals surface area contributed by atoms with Gasteiger partial charge in [-0.25, -0.2) is 4.98 Å². The molecule has 1 amide bonds. The molecule has 1 aliphatic carbocycles. The van der Waals surface area contributed by atoms with Crippen LogP contribution in [0, 0.1) is 0 Å². The molecule has 0 aliphatic heterocycles. The lowest BCUT2D eigenvalue weighted by Crippen LogP contribution is -2.53. The van der Waals surface area contributed by atoms with Crippen LogP contribution >= 0.6 is 0 Å². The summed E-state index contributed by atoms with van der Waals surface area (Å²) in [6.45, 7) is 5.58. The first kappa shape index (κ1) is 15.0. The lowest BCUT2D eigenvalue weighted by Gasteiger charge is -2.28. The second-order valence-corrected chi connectivity index (χ2v) is 5.91. The number of carbonyl (C=O) groups is 1. The number of aromatic nitrogens is 2. The molecule has 0 fully saturated rings. The van der Waals surface area contributed by atoms with Gasteiger partial charge in [-0.05, 0) is 52.0 Å². The smallest absolute Gasteiger partial charge is 0.237 e. The molecule has 1 unspecified atom stereocenters. The van der Waals surface area contributed by atoms with Gasteiger partial charge < -0.3 is 15.6 Å². The zero-order chi connectivity index (χ0) is 14.6. The molecule has 0 saturated carbocycles. The first-order valence-corrected chi connectivity index (χ1v) is 7.64. The summed E-state index contributed by atoms with van der Waals surface area (Å²) in [6.07, 6.45) is 8.27. The van der Waals surface area contributed by atoms with Crippen molar-refractivity contribution in [3.8, 4) is 0 Å². The molecule has 20 heavy (non-hydrogen) atoms. The van der Waals surface area contributed by atoms with Gasteiger partial charge in [0.05, 0.1) is 17.6 Å². The summed E-state index contributed by atoms with van der Waals surface area (Å²) >= 11 is 0. The second kappa shape index (κ2) is 6.39. The topological polar surface area (TPSA) is 72.9 Å². The number of hydrogen-bond acceptors (Lipinski definition) is 3. The lowest BCUT2D eigenvalue weighted by atomic mass is 9.96. The Bertz CT molecular complexity index is 468. The van der Waals surface area contributed by atoms with Gasteiger partial charge in [0, 0.05) is 12.2 Å². The van der Waals surface area contributed by atoms with E-state index in [0.29, 0.717) is 6.42 Å². The van der Waals surface area contributed by atoms with Crippen molar-refractivity contribution in [3.63, 3.8) is 0 Å². The third kappa shape index (κ3) is 3.20. The maximum Gasteiger partial charge on any atom is 0.237 e. The standard InChI is InChI=1S/C15H26N4O/c1-3-9-18-15(2,14(16)20)8-10-19-11-17-12-6-4-5-7-13(12)19/h11,18H,3-10H2,1-2H3,(H2,16,20). The van der Waals surface area contributed by atoms with Crippen LogP contribution in [0.2, 0.25) is 0 Å². The Labute approximate surface area is 120 Å². The van der Waals surface area contributed by atoms with Crippen molar-refractivity contribution in [2.45, 2.75) is 64.5 Å². The number of amides is 1. The summed E-state index contributed by atoms with van der Waals surface area (Å²) in [5, 5.41) is 3.28. The van der Waals surface area contributed by atoms with Gasteiger partial charge in [0.1, 0.15) is 0 Å². The maximum absolute atomic E-state index is 11.7. The molecule has 5 nitrogen and oxygen atoms in total. The van der Waals surface area contributed by atoms with Crippen molar-refractivity contribution in [3.05, 3.63) is 17.7 Å². The minimum Gasteiger partial charge on any atom is -0.368 e. The van der Waals surface area contributed by atoms with E-state index in [4.69, 9.17) is 5.73 Å². The molecule has 1 atom stereocenters. The van der Waals surface area contributed by atoms with Crippen LogP contribution in [0.5, 0.6) is 0 Å². The van der Waals surface area contributed by atoms with E-state index in [9.17, 15) is 4.79 Å². The second-order valence-electron chi connectivity index (χ2n) is 5.91. The predicted molar refractivity (Wildman–Crippen MR) is 79.4 cm³/mol. The summed E-state index contributed by atoms with van der Waals surface area (Å²) in [5.74, 6) is -0.278. The van der Waals surface area contributed by atoms with Gasteiger partial charge in [0.2, 0.25) is 5.91 Å². The molecular formula is C15H26N4O. The van der Waals surface area contributed by atoms with E-state index in [0.717, 1.165) is 32.4 Å². The van der Waals surface area contributed by atoms with Crippen molar-refractivity contribution in [1.82, 2.24) is 14.9 Å². The molecule has 0 radical (unpaired) electrons. The highest BCUT2D eigenvalue weighted by atomic mass is 16.1. The van der Waals surface area contributed by atoms with E-state index in [1.165, 1.54) is 24.2 Å². The van der Waals surface area contributed by atoms with Crippen molar-refractivity contribution in [2.75, 3.05) is 6.54 Å². The van der Waals surface area contributed by atoms with E-state index < -0.39 is 5.54 Å². The molecular weight excluding hydrogens is 252 g/mol. The average Bonchev–Trinajstić information content (AvgIpc) is 2.86. The van der Waals surface area contributed by atoms with Gasteiger partial charge >= 0.3 is 0 Å². The number of carbonyl (C=O) groups excluding carboxylic acids is 1. The highest BCUT2D eigenvalue weighted by molar-refractivity contribution is 5.84. The number of nitrogens with zero attached hydrogens (tertiary/aromatic N) is 2. The van der Waals surface area contributed by atoms with E-state index in [2.05, 4.69) is 21.8 Å². The normalized spacial score (nSPS) is 17.5. The summed E-state index contributed by atoms with van der Waals surface area (Å²) in [4.78, 5) is 16.2. The van der Waals surface area contributed by atoms with E-state index in [-0.39, 0.29) is 5.91 Å². The third-order valence-electron chi connectivity index (χ3n) is 4.27. The monoisotopic (exact) mass is 278 g/mol. The Hall–Kier alpha value is -1.36. The Morgan fingerprint density at radius 3 is 2.95 bits per heavy atom. The van der Waals surface area contributed by atoms with Gasteiger partial charge in [-0.2, -0.15) is 0 Å². The molecule has 2 rings (SSSR count). The van der Waals surface area contributed by atoms with Gasteiger partial charge in [-0.3, -0.25) is 4.79 Å². The predicted octanol–water partition coefficient (Wildman–Crippen LogP) is 1.40. The fourth-order valence-electron chi connectivity index (χ4n) is 2.77. The van der Waals surface area contributed by atoms with E-state index in [1.54, 1.807) is 0 Å². The van der Waals surface area contributed by atoms with Crippen LogP contribution in [0.1, 0.15) is 50.9 Å². The van der Waals surface area contributed by atoms with Crippen LogP contribution in [-0.4, -0.2) is 27.5 Å². The third-order valence-corrected chi connectivity index (χ3v) is 4.27. The zero-order valence-electron chi connectivity index (χ0n) is 12.6. The summed E-state index contributed by atoms with van der Waals surface area (Å²) in [5.41, 5.74) is 7.51. The van der Waals surface area contributed by atoms with Crippen LogP contribution in [0.3, 0.4) is 0 Å². The van der Waals surface area contributed by atoms with Crippen LogP contribution in [0.25, 0.3) is 0 Å². The summed E-state index contributed by atoms with van der Waals surface area (Å²) < 4.78 is 2.20. The SMILES string of the molecule is CCCNC(C)(CCn1cnc2c1CCCC2)C(N)=O. The molecule has 3 N–H and O–H groups in total. The molecule has 5 heteroatoms. The molecule has 1 heterocycles. The fourth-order valence-corrected chi connectivity index (χ4v) is 2.77. The van der Waals surface area contributed by atoms with Gasteiger partial charge in [-0.1, -0.05) is 6.92 Å². The number of primary amides is 1. The van der Waals surface area contributed by atoms with Crippen molar-refractivity contribution < 1.29 is 4.79 Å². The number of aryl methyl sites for hydroxylation is 2. The number of fused-ring (bicyclic) bond motifs is 1. The Balaban J connectivity index is 2.02. The Morgan fingerprint density at radius 2 is 2.25 bits per heavy atom. The molecule has 0 aromatic carbocycles. The fraction of sp³-hybridized carbons (Fsp3) is 0.733. The molecule has 1 aromatic heterocycles. The van der Waals surface area contributed by atoms with Gasteiger partial charge in [0.25, 0.3) is 0 Å². The average molecular weight is 278 g/mol. The quantitative estimate of drug-likeness (QED) is 0.791. The number of nitrogens with two attached hydrogens (primary N) is 1. The van der Waals surface area contributed by atoms with Crippen LogP contribution in [0.15, 0.2) is 6.33 Å². The highest BCUT2D eigenvalue weighted by Gasteiger charge is 2.30. The van der Waals surface area contributed by atoms with Crippen LogP contribution < -0.4 is 11.1 Å². The number of imidazole rings is 1. The molecule has 0 saturated heterocycles. The zero-order valence-corrected chi connectivity index (χ0v) is 12.6. The largest absolute Gasteiger partial charge is 0.368 e. The van der Waals surface area contributed by atoms with Crippen LogP contribution in [0.4, 0.5) is 0 Å². The van der Waals surface area contributed by atoms with Crippen molar-refractivity contribution in [1.29, 1.82) is 0 Å². The molecule has 1 aliphatic rings. The van der Waals surface area contributed by atoms with Gasteiger partial charge in [-0.15, -0.1) is 0 Å². The number of nitrogens with one attached hydrogen (secondary N) is 1. The molecule has 0 spiro atoms.